The van der Waals surface area contributed by atoms with Gasteiger partial charge in [-0.2, -0.15) is 5.26 Å². The summed E-state index contributed by atoms with van der Waals surface area (Å²) in [5, 5.41) is 23.3. The van der Waals surface area contributed by atoms with Crippen LogP contribution in [0.5, 0.6) is 5.75 Å². The number of carbonyl (C=O) groups is 2. The number of hydrogen-bond donors (Lipinski definition) is 4. The van der Waals surface area contributed by atoms with Crippen LogP contribution < -0.4 is 21.1 Å². The van der Waals surface area contributed by atoms with Crippen molar-refractivity contribution in [2.45, 2.75) is 12.5 Å². The van der Waals surface area contributed by atoms with Gasteiger partial charge < -0.3 is 25.6 Å². The average Bonchev–Trinajstić information content (AvgIpc) is 2.89. The van der Waals surface area contributed by atoms with Crippen LogP contribution in [0.1, 0.15) is 23.7 Å². The lowest BCUT2D eigenvalue weighted by atomic mass is 10.1. The number of benzene rings is 3. The van der Waals surface area contributed by atoms with E-state index in [1.165, 1.54) is 6.08 Å². The first-order valence-electron chi connectivity index (χ1n) is 11.1. The summed E-state index contributed by atoms with van der Waals surface area (Å²) in [5.41, 5.74) is 8.37. The highest BCUT2D eigenvalue weighted by atomic mass is 16.6. The van der Waals surface area contributed by atoms with Crippen LogP contribution >= 0.6 is 0 Å². The SMILES string of the molecule is N#Cc1ccc(NC(=O)O[C@H](C/C=C/C(=O)Nc2ccccc2N)c2cccc(OCCO)c2)cc1. The summed E-state index contributed by atoms with van der Waals surface area (Å²) in [4.78, 5) is 24.9. The molecule has 0 bridgehead atoms. The molecule has 0 radical (unpaired) electrons. The fourth-order valence-electron chi connectivity index (χ4n) is 3.21. The number of nitrogens with two attached hydrogens (primary N) is 1. The molecule has 3 aromatic rings. The molecule has 2 amide bonds. The van der Waals surface area contributed by atoms with Crippen molar-refractivity contribution >= 4 is 29.1 Å². The third kappa shape index (κ3) is 7.90. The molecular weight excluding hydrogens is 460 g/mol. The van der Waals surface area contributed by atoms with E-state index in [0.29, 0.717) is 33.9 Å². The molecule has 0 fully saturated rings. The molecular formula is C27H26N4O5. The van der Waals surface area contributed by atoms with Gasteiger partial charge in [0.2, 0.25) is 5.91 Å². The van der Waals surface area contributed by atoms with Crippen molar-refractivity contribution in [3.8, 4) is 11.8 Å². The van der Waals surface area contributed by atoms with Crippen molar-refractivity contribution in [1.82, 2.24) is 0 Å². The molecule has 1 atom stereocenters. The van der Waals surface area contributed by atoms with Gasteiger partial charge in [0.25, 0.3) is 0 Å². The summed E-state index contributed by atoms with van der Waals surface area (Å²) in [5.74, 6) is 0.123. The second-order valence-corrected chi connectivity index (χ2v) is 7.57. The molecule has 0 spiro atoms. The molecule has 0 saturated heterocycles. The topological polar surface area (TPSA) is 147 Å². The van der Waals surface area contributed by atoms with E-state index in [1.807, 2.05) is 6.07 Å². The summed E-state index contributed by atoms with van der Waals surface area (Å²) in [6.45, 7) is -0.0161. The van der Waals surface area contributed by atoms with E-state index in [0.717, 1.165) is 0 Å². The second kappa shape index (κ2) is 13.2. The summed E-state index contributed by atoms with van der Waals surface area (Å²) < 4.78 is 11.1. The number of aliphatic hydroxyl groups is 1. The summed E-state index contributed by atoms with van der Waals surface area (Å²) in [7, 11) is 0. The molecule has 0 aliphatic rings. The molecule has 5 N–H and O–H groups in total. The van der Waals surface area contributed by atoms with Crippen LogP contribution in [-0.2, 0) is 9.53 Å². The fraction of sp³-hybridized carbons (Fsp3) is 0.148. The zero-order valence-corrected chi connectivity index (χ0v) is 19.4. The largest absolute Gasteiger partial charge is 0.491 e. The third-order valence-electron chi connectivity index (χ3n) is 4.94. The van der Waals surface area contributed by atoms with Gasteiger partial charge in [0.05, 0.1) is 29.6 Å². The molecule has 36 heavy (non-hydrogen) atoms. The van der Waals surface area contributed by atoms with Crippen LogP contribution in [0.15, 0.2) is 84.9 Å². The van der Waals surface area contributed by atoms with Crippen LogP contribution in [0.3, 0.4) is 0 Å². The average molecular weight is 487 g/mol. The van der Waals surface area contributed by atoms with E-state index >= 15 is 0 Å². The Morgan fingerprint density at radius 3 is 2.56 bits per heavy atom. The lowest BCUT2D eigenvalue weighted by molar-refractivity contribution is -0.111. The number of carbonyl (C=O) groups excluding carboxylic acids is 2. The van der Waals surface area contributed by atoms with Crippen molar-refractivity contribution in [3.63, 3.8) is 0 Å². The Balaban J connectivity index is 1.71. The van der Waals surface area contributed by atoms with Crippen molar-refractivity contribution in [2.24, 2.45) is 0 Å². The number of nitrogen functional groups attached to an aromatic ring is 1. The Hall–Kier alpha value is -4.81. The number of amides is 2. The summed E-state index contributed by atoms with van der Waals surface area (Å²) in [6, 6.07) is 22.2. The van der Waals surface area contributed by atoms with Crippen molar-refractivity contribution in [3.05, 3.63) is 96.1 Å². The molecule has 9 heteroatoms. The normalized spacial score (nSPS) is 11.3. The van der Waals surface area contributed by atoms with E-state index in [1.54, 1.807) is 78.9 Å². The lowest BCUT2D eigenvalue weighted by Gasteiger charge is -2.18. The molecule has 0 aliphatic heterocycles. The first-order valence-corrected chi connectivity index (χ1v) is 11.1. The van der Waals surface area contributed by atoms with E-state index in [-0.39, 0.29) is 25.5 Å². The van der Waals surface area contributed by atoms with Gasteiger partial charge in [0, 0.05) is 12.1 Å². The maximum atomic E-state index is 12.6. The Labute approximate surface area is 208 Å². The summed E-state index contributed by atoms with van der Waals surface area (Å²) in [6.07, 6.45) is 1.68. The Morgan fingerprint density at radius 2 is 1.83 bits per heavy atom. The number of para-hydroxylation sites is 2. The highest BCUT2D eigenvalue weighted by Crippen LogP contribution is 2.26. The van der Waals surface area contributed by atoms with Gasteiger partial charge in [-0.15, -0.1) is 0 Å². The highest BCUT2D eigenvalue weighted by Gasteiger charge is 2.17. The molecule has 3 rings (SSSR count). The zero-order valence-electron chi connectivity index (χ0n) is 19.4. The van der Waals surface area contributed by atoms with Crippen LogP contribution in [0.25, 0.3) is 0 Å². The zero-order chi connectivity index (χ0) is 25.8. The predicted octanol–water partition coefficient (Wildman–Crippen LogP) is 4.39. The molecule has 3 aromatic carbocycles. The predicted molar refractivity (Wildman–Crippen MR) is 136 cm³/mol. The maximum Gasteiger partial charge on any atom is 0.412 e. The quantitative estimate of drug-likeness (QED) is 0.245. The molecule has 0 aromatic heterocycles. The van der Waals surface area contributed by atoms with Crippen molar-refractivity contribution < 1.29 is 24.2 Å². The number of aliphatic hydroxyl groups excluding tert-OH is 1. The van der Waals surface area contributed by atoms with Gasteiger partial charge in [0.1, 0.15) is 18.5 Å². The Morgan fingerprint density at radius 1 is 1.06 bits per heavy atom. The fourth-order valence-corrected chi connectivity index (χ4v) is 3.21. The number of nitrogens with one attached hydrogen (secondary N) is 2. The molecule has 184 valence electrons. The molecule has 0 unspecified atom stereocenters. The highest BCUT2D eigenvalue weighted by molar-refractivity contribution is 6.01. The van der Waals surface area contributed by atoms with Gasteiger partial charge in [-0.25, -0.2) is 4.79 Å². The smallest absolute Gasteiger partial charge is 0.412 e. The lowest BCUT2D eigenvalue weighted by Crippen LogP contribution is -2.17. The minimum Gasteiger partial charge on any atom is -0.491 e. The van der Waals surface area contributed by atoms with Gasteiger partial charge in [-0.1, -0.05) is 30.3 Å². The van der Waals surface area contributed by atoms with Gasteiger partial charge in [-0.3, -0.25) is 10.1 Å². The van der Waals surface area contributed by atoms with E-state index in [4.69, 9.17) is 25.6 Å². The molecule has 0 aliphatic carbocycles. The minimum absolute atomic E-state index is 0.122. The van der Waals surface area contributed by atoms with E-state index in [9.17, 15) is 9.59 Å². The number of rotatable bonds is 10. The first kappa shape index (κ1) is 25.8. The van der Waals surface area contributed by atoms with Crippen LogP contribution in [-0.4, -0.2) is 30.3 Å². The number of hydrogen-bond acceptors (Lipinski definition) is 7. The van der Waals surface area contributed by atoms with Crippen LogP contribution in [0, 0.1) is 11.3 Å². The Kier molecular flexibility index (Phi) is 9.44. The van der Waals surface area contributed by atoms with Gasteiger partial charge in [-0.05, 0) is 60.2 Å². The van der Waals surface area contributed by atoms with Crippen LogP contribution in [0.4, 0.5) is 21.9 Å². The van der Waals surface area contributed by atoms with Crippen molar-refractivity contribution in [2.75, 3.05) is 29.6 Å². The maximum absolute atomic E-state index is 12.6. The van der Waals surface area contributed by atoms with Crippen LogP contribution in [0.2, 0.25) is 0 Å². The van der Waals surface area contributed by atoms with Crippen molar-refractivity contribution in [1.29, 1.82) is 5.26 Å². The third-order valence-corrected chi connectivity index (χ3v) is 4.94. The number of anilines is 3. The molecule has 9 nitrogen and oxygen atoms in total. The second-order valence-electron chi connectivity index (χ2n) is 7.57. The van der Waals surface area contributed by atoms with E-state index in [2.05, 4.69) is 10.6 Å². The number of nitriles is 1. The molecule has 0 saturated carbocycles. The van der Waals surface area contributed by atoms with Gasteiger partial charge in [0.15, 0.2) is 0 Å². The minimum atomic E-state index is -0.744. The van der Waals surface area contributed by atoms with E-state index < -0.39 is 12.2 Å². The Bertz CT molecular complexity index is 1250. The monoisotopic (exact) mass is 486 g/mol. The standard InChI is InChI=1S/C27H26N4O5/c28-18-19-11-13-21(14-12-19)30-27(34)36-25(20-5-3-6-22(17-20)35-16-15-32)9-4-10-26(33)31-24-8-2-1-7-23(24)29/h1-8,10-14,17,25,32H,9,15-16,29H2,(H,30,34)(H,31,33)/b10-4+/t25-/m1/s1. The number of nitrogens with zero attached hydrogens (tertiary/aromatic N) is 1. The first-order chi connectivity index (χ1) is 17.5. The number of ether oxygens (including phenoxy) is 2. The summed E-state index contributed by atoms with van der Waals surface area (Å²) >= 11 is 0. The molecule has 0 heterocycles. The van der Waals surface area contributed by atoms with Gasteiger partial charge >= 0.3 is 6.09 Å².